The fourth-order valence-electron chi connectivity index (χ4n) is 2.08. The van der Waals surface area contributed by atoms with Crippen LogP contribution >= 0.6 is 0 Å². The molecule has 0 radical (unpaired) electrons. The molecule has 1 aliphatic rings. The second-order valence-corrected chi connectivity index (χ2v) is 4.39. The summed E-state index contributed by atoms with van der Waals surface area (Å²) in [5, 5.41) is 3.39. The number of aromatic nitrogens is 2. The van der Waals surface area contributed by atoms with Gasteiger partial charge in [-0.15, -0.1) is 0 Å². The van der Waals surface area contributed by atoms with E-state index in [2.05, 4.69) is 15.3 Å². The summed E-state index contributed by atoms with van der Waals surface area (Å²) in [5.41, 5.74) is 0. The number of piperidine rings is 1. The number of ether oxygens (including phenoxy) is 1. The molecular weight excluding hydrogens is 221 g/mol. The number of halogens is 1. The van der Waals surface area contributed by atoms with Gasteiger partial charge in [0, 0.05) is 0 Å². The van der Waals surface area contributed by atoms with Gasteiger partial charge in [0.25, 0.3) is 0 Å². The van der Waals surface area contributed by atoms with E-state index in [1.807, 2.05) is 0 Å². The summed E-state index contributed by atoms with van der Waals surface area (Å²) in [6.45, 7) is 2.87. The fraction of sp³-hybridized carbons (Fsp3) is 0.667. The molecule has 0 saturated carbocycles. The number of nitrogens with one attached hydrogen (secondary N) is 1. The van der Waals surface area contributed by atoms with E-state index in [9.17, 15) is 4.39 Å². The van der Waals surface area contributed by atoms with E-state index in [-0.39, 0.29) is 6.01 Å². The maximum atomic E-state index is 12.5. The standard InChI is InChI=1S/C12H18FN3O/c13-11-8-15-12(16-9-11)17-6-2-4-10-3-1-5-14-7-10/h8-10,14H,1-7H2. The minimum absolute atomic E-state index is 0.258. The Hall–Kier alpha value is -1.23. The molecule has 2 heterocycles. The third kappa shape index (κ3) is 4.26. The van der Waals surface area contributed by atoms with Crippen molar-refractivity contribution in [2.75, 3.05) is 19.7 Å². The molecule has 0 spiro atoms. The highest BCUT2D eigenvalue weighted by Crippen LogP contribution is 2.15. The lowest BCUT2D eigenvalue weighted by atomic mass is 9.95. The van der Waals surface area contributed by atoms with Gasteiger partial charge in [0.05, 0.1) is 19.0 Å². The molecule has 1 fully saturated rings. The van der Waals surface area contributed by atoms with E-state index in [0.29, 0.717) is 6.61 Å². The van der Waals surface area contributed by atoms with Crippen LogP contribution in [0.25, 0.3) is 0 Å². The number of hydrogen-bond donors (Lipinski definition) is 1. The zero-order valence-corrected chi connectivity index (χ0v) is 9.86. The molecular formula is C12H18FN3O. The Bertz CT molecular complexity index is 325. The van der Waals surface area contributed by atoms with Crippen molar-refractivity contribution >= 4 is 0 Å². The zero-order valence-electron chi connectivity index (χ0n) is 9.86. The summed E-state index contributed by atoms with van der Waals surface area (Å²) in [6, 6.07) is 0.258. The van der Waals surface area contributed by atoms with Crippen molar-refractivity contribution in [3.05, 3.63) is 18.2 Å². The molecule has 1 aromatic heterocycles. The quantitative estimate of drug-likeness (QED) is 0.796. The smallest absolute Gasteiger partial charge is 0.316 e. The van der Waals surface area contributed by atoms with Crippen LogP contribution in [0.2, 0.25) is 0 Å². The van der Waals surface area contributed by atoms with Gasteiger partial charge in [0.2, 0.25) is 0 Å². The Balaban J connectivity index is 1.60. The minimum atomic E-state index is -0.439. The van der Waals surface area contributed by atoms with Crippen molar-refractivity contribution in [2.24, 2.45) is 5.92 Å². The van der Waals surface area contributed by atoms with E-state index in [1.54, 1.807) is 0 Å². The summed E-state index contributed by atoms with van der Waals surface area (Å²) in [6.07, 6.45) is 6.97. The van der Waals surface area contributed by atoms with Gasteiger partial charge in [-0.25, -0.2) is 14.4 Å². The van der Waals surface area contributed by atoms with Crippen molar-refractivity contribution in [2.45, 2.75) is 25.7 Å². The molecule has 1 atom stereocenters. The number of hydrogen-bond acceptors (Lipinski definition) is 4. The first-order valence-electron chi connectivity index (χ1n) is 6.15. The molecule has 5 heteroatoms. The van der Waals surface area contributed by atoms with Crippen molar-refractivity contribution in [3.63, 3.8) is 0 Å². The lowest BCUT2D eigenvalue weighted by Gasteiger charge is -2.22. The van der Waals surface area contributed by atoms with Crippen LogP contribution < -0.4 is 10.1 Å². The van der Waals surface area contributed by atoms with Crippen molar-refractivity contribution in [1.82, 2.24) is 15.3 Å². The van der Waals surface area contributed by atoms with Crippen LogP contribution in [-0.2, 0) is 0 Å². The predicted octanol–water partition coefficient (Wildman–Crippen LogP) is 1.77. The first kappa shape index (κ1) is 12.2. The monoisotopic (exact) mass is 239 g/mol. The van der Waals surface area contributed by atoms with Crippen LogP contribution in [0.5, 0.6) is 6.01 Å². The first-order valence-corrected chi connectivity index (χ1v) is 6.15. The average molecular weight is 239 g/mol. The molecule has 2 rings (SSSR count). The molecule has 0 aliphatic carbocycles. The van der Waals surface area contributed by atoms with Crippen molar-refractivity contribution in [1.29, 1.82) is 0 Å². The SMILES string of the molecule is Fc1cnc(OCCCC2CCCNC2)nc1. The molecule has 1 saturated heterocycles. The van der Waals surface area contributed by atoms with Gasteiger partial charge < -0.3 is 10.1 Å². The summed E-state index contributed by atoms with van der Waals surface area (Å²) in [4.78, 5) is 7.48. The zero-order chi connectivity index (χ0) is 11.9. The maximum absolute atomic E-state index is 12.5. The summed E-state index contributed by atoms with van der Waals surface area (Å²) in [5.74, 6) is 0.326. The molecule has 0 amide bonds. The lowest BCUT2D eigenvalue weighted by Crippen LogP contribution is -2.29. The third-order valence-corrected chi connectivity index (χ3v) is 2.98. The first-order chi connectivity index (χ1) is 8.34. The van der Waals surface area contributed by atoms with E-state index in [0.717, 1.165) is 44.2 Å². The molecule has 1 aliphatic heterocycles. The highest BCUT2D eigenvalue weighted by atomic mass is 19.1. The largest absolute Gasteiger partial charge is 0.463 e. The normalized spacial score (nSPS) is 20.2. The van der Waals surface area contributed by atoms with Gasteiger partial charge in [-0.1, -0.05) is 0 Å². The van der Waals surface area contributed by atoms with Gasteiger partial charge in [-0.3, -0.25) is 0 Å². The molecule has 1 aromatic rings. The van der Waals surface area contributed by atoms with Crippen molar-refractivity contribution < 1.29 is 9.13 Å². The number of rotatable bonds is 5. The van der Waals surface area contributed by atoms with Gasteiger partial charge >= 0.3 is 6.01 Å². The molecule has 4 nitrogen and oxygen atoms in total. The Labute approximate surface area is 101 Å². The highest BCUT2D eigenvalue weighted by molar-refractivity contribution is 4.95. The van der Waals surface area contributed by atoms with Crippen LogP contribution in [0.3, 0.4) is 0 Å². The van der Waals surface area contributed by atoms with E-state index < -0.39 is 5.82 Å². The topological polar surface area (TPSA) is 47.0 Å². The highest BCUT2D eigenvalue weighted by Gasteiger charge is 2.12. The fourth-order valence-corrected chi connectivity index (χ4v) is 2.08. The summed E-state index contributed by atoms with van der Waals surface area (Å²) >= 11 is 0. The summed E-state index contributed by atoms with van der Waals surface area (Å²) in [7, 11) is 0. The molecule has 0 aromatic carbocycles. The molecule has 17 heavy (non-hydrogen) atoms. The lowest BCUT2D eigenvalue weighted by molar-refractivity contribution is 0.259. The summed E-state index contributed by atoms with van der Waals surface area (Å²) < 4.78 is 17.9. The predicted molar refractivity (Wildman–Crippen MR) is 62.3 cm³/mol. The molecule has 1 N–H and O–H groups in total. The maximum Gasteiger partial charge on any atom is 0.316 e. The minimum Gasteiger partial charge on any atom is -0.463 e. The number of nitrogens with zero attached hydrogens (tertiary/aromatic N) is 2. The van der Waals surface area contributed by atoms with Crippen molar-refractivity contribution in [3.8, 4) is 6.01 Å². The average Bonchev–Trinajstić information content (AvgIpc) is 2.38. The van der Waals surface area contributed by atoms with Gasteiger partial charge in [-0.05, 0) is 44.7 Å². The second-order valence-electron chi connectivity index (χ2n) is 4.39. The Morgan fingerprint density at radius 3 is 2.94 bits per heavy atom. The third-order valence-electron chi connectivity index (χ3n) is 2.98. The van der Waals surface area contributed by atoms with Crippen LogP contribution in [0, 0.1) is 11.7 Å². The van der Waals surface area contributed by atoms with Gasteiger partial charge in [-0.2, -0.15) is 0 Å². The van der Waals surface area contributed by atoms with E-state index in [1.165, 1.54) is 12.8 Å². The van der Waals surface area contributed by atoms with Gasteiger partial charge in [0.1, 0.15) is 0 Å². The Morgan fingerprint density at radius 2 is 2.24 bits per heavy atom. The van der Waals surface area contributed by atoms with Crippen LogP contribution in [0.15, 0.2) is 12.4 Å². The molecule has 0 bridgehead atoms. The van der Waals surface area contributed by atoms with E-state index >= 15 is 0 Å². The Morgan fingerprint density at radius 1 is 1.41 bits per heavy atom. The molecule has 94 valence electrons. The Kier molecular flexibility index (Phi) is 4.67. The van der Waals surface area contributed by atoms with Crippen LogP contribution in [0.1, 0.15) is 25.7 Å². The second kappa shape index (κ2) is 6.49. The van der Waals surface area contributed by atoms with Crippen LogP contribution in [0.4, 0.5) is 4.39 Å². The van der Waals surface area contributed by atoms with Gasteiger partial charge in [0.15, 0.2) is 5.82 Å². The molecule has 1 unspecified atom stereocenters. The van der Waals surface area contributed by atoms with E-state index in [4.69, 9.17) is 4.74 Å². The van der Waals surface area contributed by atoms with Crippen LogP contribution in [-0.4, -0.2) is 29.7 Å².